The van der Waals surface area contributed by atoms with Gasteiger partial charge in [-0.3, -0.25) is 0 Å². The summed E-state index contributed by atoms with van der Waals surface area (Å²) in [6, 6.07) is 0.747. The Labute approximate surface area is 196 Å². The van der Waals surface area contributed by atoms with Crippen molar-refractivity contribution < 1.29 is 30.0 Å². The number of halogens is 11. The summed E-state index contributed by atoms with van der Waals surface area (Å²) in [5, 5.41) is 0. The van der Waals surface area contributed by atoms with Crippen molar-refractivity contribution in [2.75, 3.05) is 25.1 Å². The van der Waals surface area contributed by atoms with Gasteiger partial charge in [0.1, 0.15) is 15.7 Å². The SMILES string of the molecule is COC(=O)c1cc(C(F)(F)F)cnc1N1CCC(Cl)(Cl)CC1.[Cl][W]([Cl])([Cl])([Cl])([Cl])[Cl]. The van der Waals surface area contributed by atoms with Crippen molar-refractivity contribution in [1.82, 2.24) is 4.98 Å². The summed E-state index contributed by atoms with van der Waals surface area (Å²) in [5.74, 6) is -0.731. The third kappa shape index (κ3) is 12.1. The fourth-order valence-electron chi connectivity index (χ4n) is 2.17. The summed E-state index contributed by atoms with van der Waals surface area (Å²) < 4.78 is 42.0. The van der Waals surface area contributed by atoms with Gasteiger partial charge in [0, 0.05) is 19.3 Å². The van der Waals surface area contributed by atoms with Crippen LogP contribution >= 0.6 is 79.7 Å². The molecule has 0 saturated carbocycles. The number of alkyl halides is 5. The molecule has 2 rings (SSSR count). The van der Waals surface area contributed by atoms with Crippen molar-refractivity contribution in [3.8, 4) is 0 Å². The molecule has 0 bridgehead atoms. The van der Waals surface area contributed by atoms with Crippen molar-refractivity contribution >= 4 is 91.5 Å². The number of piperidine rings is 1. The van der Waals surface area contributed by atoms with Crippen LogP contribution in [0.1, 0.15) is 28.8 Å². The van der Waals surface area contributed by atoms with Gasteiger partial charge in [-0.25, -0.2) is 9.78 Å². The van der Waals surface area contributed by atoms with Crippen molar-refractivity contribution in [2.45, 2.75) is 23.4 Å². The first-order chi connectivity index (χ1) is 12.6. The van der Waals surface area contributed by atoms with Crippen molar-refractivity contribution in [1.29, 1.82) is 0 Å². The number of carbonyl (C=O) groups excluding carboxylic acids is 1. The summed E-state index contributed by atoms with van der Waals surface area (Å²) in [7, 11) is 26.0. The molecule has 2 heterocycles. The summed E-state index contributed by atoms with van der Waals surface area (Å²) in [6.07, 6.45) is -3.05. The molecule has 1 aliphatic rings. The molecule has 1 aliphatic heterocycles. The molecule has 1 saturated heterocycles. The minimum absolute atomic E-state index is 0.142. The van der Waals surface area contributed by atoms with Gasteiger partial charge in [-0.05, 0) is 18.9 Å². The zero-order valence-electron chi connectivity index (χ0n) is 14.3. The van der Waals surface area contributed by atoms with E-state index in [0.717, 1.165) is 13.2 Å². The van der Waals surface area contributed by atoms with E-state index >= 15 is 0 Å². The molecular formula is C13H13Cl8F3N2O2W. The monoisotopic (exact) mass is 750 g/mol. The number of hydrogen-bond donors (Lipinski definition) is 0. The van der Waals surface area contributed by atoms with Crippen LogP contribution in [-0.2, 0) is 18.2 Å². The Morgan fingerprint density at radius 1 is 1.14 bits per heavy atom. The number of pyridine rings is 1. The van der Waals surface area contributed by atoms with Gasteiger partial charge in [0.2, 0.25) is 0 Å². The van der Waals surface area contributed by atoms with Crippen LogP contribution < -0.4 is 4.90 Å². The maximum atomic E-state index is 12.8. The van der Waals surface area contributed by atoms with Crippen LogP contribution in [0.5, 0.6) is 0 Å². The van der Waals surface area contributed by atoms with Gasteiger partial charge in [-0.15, -0.1) is 23.2 Å². The number of esters is 1. The molecule has 1 aromatic heterocycles. The Balaban J connectivity index is 0.000000516. The maximum absolute atomic E-state index is 12.8. The van der Waals surface area contributed by atoms with E-state index in [9.17, 15) is 18.0 Å². The fourth-order valence-corrected chi connectivity index (χ4v) is 2.51. The van der Waals surface area contributed by atoms with Crippen LogP contribution in [-0.4, -0.2) is 35.5 Å². The Bertz CT molecular complexity index is 750. The fraction of sp³-hybridized carbons (Fsp3) is 0.538. The second-order valence-electron chi connectivity index (χ2n) is 5.80. The summed E-state index contributed by atoms with van der Waals surface area (Å²) in [5.41, 5.74) is -1.23. The zero-order valence-corrected chi connectivity index (χ0v) is 23.2. The number of methoxy groups -OCH3 is 1. The van der Waals surface area contributed by atoms with E-state index in [1.165, 1.54) is 0 Å². The van der Waals surface area contributed by atoms with Gasteiger partial charge in [0.05, 0.1) is 12.7 Å². The van der Waals surface area contributed by atoms with E-state index in [1.54, 1.807) is 4.90 Å². The number of aromatic nitrogens is 1. The van der Waals surface area contributed by atoms with Crippen LogP contribution in [0.4, 0.5) is 19.0 Å². The predicted octanol–water partition coefficient (Wildman–Crippen LogP) is 7.80. The standard InChI is InChI=1S/C13H13Cl2F3N2O2.6ClH.W/c1-22-11(21)9-6-8(13(16,17)18)7-19-10(9)20-4-2-12(14,15)3-5-20;;;;;;;/h6-7H,2-5H2,1H3;6*1H;/q;;;;;;;+6/p-6. The van der Waals surface area contributed by atoms with Crippen LogP contribution in [0, 0.1) is 0 Å². The first-order valence-electron chi connectivity index (χ1n) is 7.35. The predicted molar refractivity (Wildman–Crippen MR) is 112 cm³/mol. The van der Waals surface area contributed by atoms with Crippen LogP contribution in [0.25, 0.3) is 0 Å². The summed E-state index contributed by atoms with van der Waals surface area (Å²) in [4.78, 5) is 17.3. The van der Waals surface area contributed by atoms with Crippen molar-refractivity contribution in [3.63, 3.8) is 0 Å². The number of hydrogen-bond acceptors (Lipinski definition) is 4. The van der Waals surface area contributed by atoms with Gasteiger partial charge in [0.15, 0.2) is 0 Å². The van der Waals surface area contributed by atoms with E-state index in [-0.39, 0.29) is 11.4 Å². The van der Waals surface area contributed by atoms with Crippen LogP contribution in [0.15, 0.2) is 12.3 Å². The molecule has 0 aromatic carbocycles. The molecule has 29 heavy (non-hydrogen) atoms. The number of rotatable bonds is 2. The molecule has 170 valence electrons. The molecule has 16 heteroatoms. The molecule has 4 nitrogen and oxygen atoms in total. The first kappa shape index (κ1) is 28.3. The molecule has 1 aromatic rings. The van der Waals surface area contributed by atoms with E-state index < -0.39 is 29.4 Å². The van der Waals surface area contributed by atoms with E-state index in [2.05, 4.69) is 9.72 Å². The quantitative estimate of drug-likeness (QED) is 0.229. The average Bonchev–Trinajstić information content (AvgIpc) is 2.50. The molecule has 0 radical (unpaired) electrons. The Kier molecular flexibility index (Phi) is 8.64. The van der Waals surface area contributed by atoms with E-state index in [1.807, 2.05) is 0 Å². The van der Waals surface area contributed by atoms with Crippen LogP contribution in [0.3, 0.4) is 0 Å². The second kappa shape index (κ2) is 8.87. The summed E-state index contributed by atoms with van der Waals surface area (Å²) in [6.45, 7) is 0.769. The molecule has 0 aliphatic carbocycles. The number of anilines is 1. The van der Waals surface area contributed by atoms with Gasteiger partial charge in [0.25, 0.3) is 0 Å². The third-order valence-corrected chi connectivity index (χ3v) is 4.15. The van der Waals surface area contributed by atoms with Gasteiger partial charge >= 0.3 is 76.0 Å². The molecule has 0 atom stereocenters. The first-order valence-corrected chi connectivity index (χ1v) is 29.9. The molecule has 0 amide bonds. The Morgan fingerprint density at radius 3 is 1.97 bits per heavy atom. The Hall–Kier alpha value is 1.22. The molecular weight excluding hydrogens is 741 g/mol. The minimum atomic E-state index is -5.47. The van der Waals surface area contributed by atoms with Crippen molar-refractivity contribution in [3.05, 3.63) is 23.4 Å². The van der Waals surface area contributed by atoms with E-state index in [4.69, 9.17) is 79.7 Å². The number of carbonyl (C=O) groups is 1. The number of nitrogens with zero attached hydrogens (tertiary/aromatic N) is 2. The zero-order chi connectivity index (χ0) is 23.0. The van der Waals surface area contributed by atoms with E-state index in [0.29, 0.717) is 32.1 Å². The molecule has 0 spiro atoms. The Morgan fingerprint density at radius 2 is 1.59 bits per heavy atom. The van der Waals surface area contributed by atoms with Crippen molar-refractivity contribution in [2.24, 2.45) is 0 Å². The summed E-state index contributed by atoms with van der Waals surface area (Å²) >= 11 is 12.0. The number of ether oxygens (including phenoxy) is 1. The van der Waals surface area contributed by atoms with Gasteiger partial charge in [-0.2, -0.15) is 13.2 Å². The van der Waals surface area contributed by atoms with Gasteiger partial charge < -0.3 is 9.64 Å². The molecule has 0 N–H and O–H groups in total. The van der Waals surface area contributed by atoms with Crippen LogP contribution in [0.2, 0.25) is 0 Å². The third-order valence-electron chi connectivity index (χ3n) is 3.39. The molecule has 0 unspecified atom stereocenters. The molecule has 1 fully saturated rings. The average molecular weight is 754 g/mol. The second-order valence-corrected chi connectivity index (χ2v) is 71.0. The van der Waals surface area contributed by atoms with Gasteiger partial charge in [-0.1, -0.05) is 0 Å². The topological polar surface area (TPSA) is 42.4 Å². The normalized spacial score (nSPS) is 19.4.